The minimum atomic E-state index is -0.701. The van der Waals surface area contributed by atoms with E-state index in [0.29, 0.717) is 5.69 Å². The monoisotopic (exact) mass is 262 g/mol. The Kier molecular flexibility index (Phi) is 3.01. The summed E-state index contributed by atoms with van der Waals surface area (Å²) >= 11 is 0. The SMILES string of the molecule is CC(C)(C)OC(=O)Nc1cccc2c1C(=O)C(=O)N2. The molecule has 1 aromatic carbocycles. The molecule has 0 aliphatic carbocycles. The summed E-state index contributed by atoms with van der Waals surface area (Å²) < 4.78 is 5.10. The van der Waals surface area contributed by atoms with Gasteiger partial charge >= 0.3 is 6.09 Å². The normalized spacial score (nSPS) is 13.8. The number of carbonyl (C=O) groups excluding carboxylic acids is 3. The Morgan fingerprint density at radius 1 is 1.26 bits per heavy atom. The number of anilines is 2. The Bertz CT molecular complexity index is 572. The van der Waals surface area contributed by atoms with Crippen molar-refractivity contribution in [1.82, 2.24) is 0 Å². The minimum Gasteiger partial charge on any atom is -0.444 e. The second kappa shape index (κ2) is 4.38. The Labute approximate surface area is 110 Å². The molecule has 1 heterocycles. The number of hydrogen-bond donors (Lipinski definition) is 2. The second-order valence-electron chi connectivity index (χ2n) is 5.14. The lowest BCUT2D eigenvalue weighted by Gasteiger charge is -2.20. The van der Waals surface area contributed by atoms with Crippen LogP contribution in [0.25, 0.3) is 0 Å². The van der Waals surface area contributed by atoms with Crippen LogP contribution in [0.15, 0.2) is 18.2 Å². The van der Waals surface area contributed by atoms with Crippen LogP contribution in [0, 0.1) is 0 Å². The molecule has 1 aliphatic heterocycles. The van der Waals surface area contributed by atoms with Gasteiger partial charge in [0.15, 0.2) is 0 Å². The molecule has 6 nitrogen and oxygen atoms in total. The number of ether oxygens (including phenoxy) is 1. The van der Waals surface area contributed by atoms with Crippen LogP contribution in [-0.4, -0.2) is 23.4 Å². The van der Waals surface area contributed by atoms with E-state index in [1.165, 1.54) is 0 Å². The molecule has 19 heavy (non-hydrogen) atoms. The van der Waals surface area contributed by atoms with E-state index in [2.05, 4.69) is 10.6 Å². The Morgan fingerprint density at radius 2 is 1.95 bits per heavy atom. The van der Waals surface area contributed by atoms with Gasteiger partial charge in [-0.25, -0.2) is 4.79 Å². The molecule has 0 spiro atoms. The maximum absolute atomic E-state index is 11.7. The number of Topliss-reactive ketones (excluding diaryl/α,β-unsaturated/α-hetero) is 1. The number of amides is 2. The fourth-order valence-electron chi connectivity index (χ4n) is 1.71. The first-order chi connectivity index (χ1) is 8.78. The van der Waals surface area contributed by atoms with Crippen molar-refractivity contribution in [2.24, 2.45) is 0 Å². The summed E-state index contributed by atoms with van der Waals surface area (Å²) in [6.45, 7) is 5.20. The molecule has 100 valence electrons. The lowest BCUT2D eigenvalue weighted by atomic mass is 10.1. The van der Waals surface area contributed by atoms with Gasteiger partial charge in [-0.15, -0.1) is 0 Å². The van der Waals surface area contributed by atoms with Crippen LogP contribution < -0.4 is 10.6 Å². The molecule has 2 amide bonds. The van der Waals surface area contributed by atoms with Crippen LogP contribution in [0.4, 0.5) is 16.2 Å². The van der Waals surface area contributed by atoms with E-state index in [1.807, 2.05) is 0 Å². The van der Waals surface area contributed by atoms with Crippen molar-refractivity contribution in [3.63, 3.8) is 0 Å². The molecule has 1 aromatic rings. The molecule has 0 atom stereocenters. The van der Waals surface area contributed by atoms with Crippen LogP contribution in [0.5, 0.6) is 0 Å². The summed E-state index contributed by atoms with van der Waals surface area (Å²) in [5.74, 6) is -1.37. The van der Waals surface area contributed by atoms with E-state index in [1.54, 1.807) is 39.0 Å². The van der Waals surface area contributed by atoms with Gasteiger partial charge in [0, 0.05) is 0 Å². The van der Waals surface area contributed by atoms with Gasteiger partial charge in [-0.3, -0.25) is 14.9 Å². The Morgan fingerprint density at radius 3 is 2.58 bits per heavy atom. The molecule has 0 fully saturated rings. The lowest BCUT2D eigenvalue weighted by Crippen LogP contribution is -2.27. The van der Waals surface area contributed by atoms with Crippen molar-refractivity contribution in [1.29, 1.82) is 0 Å². The van der Waals surface area contributed by atoms with E-state index in [0.717, 1.165) is 0 Å². The fraction of sp³-hybridized carbons (Fsp3) is 0.308. The smallest absolute Gasteiger partial charge is 0.412 e. The van der Waals surface area contributed by atoms with Crippen molar-refractivity contribution >= 4 is 29.2 Å². The largest absolute Gasteiger partial charge is 0.444 e. The van der Waals surface area contributed by atoms with Gasteiger partial charge in [0.25, 0.3) is 11.7 Å². The molecule has 0 saturated carbocycles. The summed E-state index contributed by atoms with van der Waals surface area (Å²) in [6, 6.07) is 4.77. The standard InChI is InChI=1S/C13H14N2O4/c1-13(2,3)19-12(18)15-8-6-4-5-7-9(8)10(16)11(17)14-7/h4-6H,1-3H3,(H,15,18)(H,14,16,17). The van der Waals surface area contributed by atoms with Crippen LogP contribution in [0.2, 0.25) is 0 Å². The highest BCUT2D eigenvalue weighted by atomic mass is 16.6. The lowest BCUT2D eigenvalue weighted by molar-refractivity contribution is -0.112. The summed E-state index contributed by atoms with van der Waals surface area (Å²) in [5.41, 5.74) is 0.178. The van der Waals surface area contributed by atoms with E-state index in [9.17, 15) is 14.4 Å². The zero-order chi connectivity index (χ0) is 14.2. The third kappa shape index (κ3) is 2.73. The van der Waals surface area contributed by atoms with E-state index in [-0.39, 0.29) is 11.3 Å². The summed E-state index contributed by atoms with van der Waals surface area (Å²) in [5, 5.41) is 4.90. The molecule has 0 unspecified atom stereocenters. The van der Waals surface area contributed by atoms with Gasteiger partial charge in [0.2, 0.25) is 0 Å². The van der Waals surface area contributed by atoms with Gasteiger partial charge < -0.3 is 10.1 Å². The first-order valence-corrected chi connectivity index (χ1v) is 5.76. The average Bonchev–Trinajstić information content (AvgIpc) is 2.53. The summed E-state index contributed by atoms with van der Waals surface area (Å²) in [6.07, 6.45) is -0.673. The first kappa shape index (κ1) is 13.1. The highest BCUT2D eigenvalue weighted by Crippen LogP contribution is 2.30. The number of carbonyl (C=O) groups is 3. The van der Waals surface area contributed by atoms with Gasteiger partial charge in [-0.1, -0.05) is 6.07 Å². The molecule has 0 aromatic heterocycles. The summed E-state index contributed by atoms with van der Waals surface area (Å²) in [7, 11) is 0. The second-order valence-corrected chi connectivity index (χ2v) is 5.14. The average molecular weight is 262 g/mol. The van der Waals surface area contributed by atoms with E-state index in [4.69, 9.17) is 4.74 Å². The molecule has 2 rings (SSSR count). The topological polar surface area (TPSA) is 84.5 Å². The van der Waals surface area contributed by atoms with Crippen LogP contribution in [0.1, 0.15) is 31.1 Å². The highest BCUT2D eigenvalue weighted by molar-refractivity contribution is 6.52. The zero-order valence-electron chi connectivity index (χ0n) is 10.9. The number of nitrogens with one attached hydrogen (secondary N) is 2. The molecule has 0 saturated heterocycles. The fourth-order valence-corrected chi connectivity index (χ4v) is 1.71. The number of hydrogen-bond acceptors (Lipinski definition) is 4. The van der Waals surface area contributed by atoms with Gasteiger partial charge in [0.1, 0.15) is 5.60 Å². The van der Waals surface area contributed by atoms with Crippen LogP contribution in [-0.2, 0) is 9.53 Å². The molecule has 1 aliphatic rings. The van der Waals surface area contributed by atoms with Crippen LogP contribution in [0.3, 0.4) is 0 Å². The minimum absolute atomic E-state index is 0.165. The quantitative estimate of drug-likeness (QED) is 0.759. The predicted octanol–water partition coefficient (Wildman–Crippen LogP) is 2.17. The number of rotatable bonds is 1. The van der Waals surface area contributed by atoms with Crippen molar-refractivity contribution in [2.75, 3.05) is 10.6 Å². The molecular formula is C13H14N2O4. The zero-order valence-corrected chi connectivity index (χ0v) is 10.9. The van der Waals surface area contributed by atoms with Crippen LogP contribution >= 0.6 is 0 Å². The number of fused-ring (bicyclic) bond motifs is 1. The number of benzene rings is 1. The Balaban J connectivity index is 2.24. The van der Waals surface area contributed by atoms with Crippen molar-refractivity contribution in [3.05, 3.63) is 23.8 Å². The third-order valence-corrected chi connectivity index (χ3v) is 2.38. The van der Waals surface area contributed by atoms with Gasteiger partial charge in [-0.05, 0) is 32.9 Å². The van der Waals surface area contributed by atoms with Crippen molar-refractivity contribution < 1.29 is 19.1 Å². The highest BCUT2D eigenvalue weighted by Gasteiger charge is 2.31. The molecule has 0 radical (unpaired) electrons. The molecule has 2 N–H and O–H groups in total. The maximum Gasteiger partial charge on any atom is 0.412 e. The molecule has 6 heteroatoms. The number of ketones is 1. The Hall–Kier alpha value is -2.37. The van der Waals surface area contributed by atoms with Gasteiger partial charge in [-0.2, -0.15) is 0 Å². The van der Waals surface area contributed by atoms with Gasteiger partial charge in [0.05, 0.1) is 16.9 Å². The van der Waals surface area contributed by atoms with Crippen molar-refractivity contribution in [3.8, 4) is 0 Å². The van der Waals surface area contributed by atoms with E-state index < -0.39 is 23.4 Å². The maximum atomic E-state index is 11.7. The molecule has 0 bridgehead atoms. The summed E-state index contributed by atoms with van der Waals surface area (Å²) in [4.78, 5) is 34.6. The third-order valence-electron chi connectivity index (χ3n) is 2.38. The first-order valence-electron chi connectivity index (χ1n) is 5.76. The van der Waals surface area contributed by atoms with E-state index >= 15 is 0 Å². The predicted molar refractivity (Wildman–Crippen MR) is 69.3 cm³/mol. The molecular weight excluding hydrogens is 248 g/mol. The van der Waals surface area contributed by atoms with Crippen molar-refractivity contribution in [2.45, 2.75) is 26.4 Å².